The fraction of sp³-hybridized carbons (Fsp3) is 0.316. The van der Waals surface area contributed by atoms with Gasteiger partial charge in [-0.05, 0) is 42.7 Å². The molecule has 1 amide bonds. The predicted molar refractivity (Wildman–Crippen MR) is 93.7 cm³/mol. The molecule has 0 bridgehead atoms. The molecule has 0 aliphatic carbocycles. The van der Waals surface area contributed by atoms with Crippen molar-refractivity contribution in [3.8, 4) is 11.8 Å². The van der Waals surface area contributed by atoms with Crippen molar-refractivity contribution in [3.05, 3.63) is 53.6 Å². The Morgan fingerprint density at radius 3 is 3.20 bits per heavy atom. The first kappa shape index (κ1) is 16.8. The number of benzene rings is 1. The highest BCUT2D eigenvalue weighted by Gasteiger charge is 2.19. The topological polar surface area (TPSA) is 79.9 Å². The van der Waals surface area contributed by atoms with Gasteiger partial charge in [-0.3, -0.25) is 4.79 Å². The van der Waals surface area contributed by atoms with Crippen LogP contribution in [-0.2, 0) is 17.8 Å². The molecule has 1 atom stereocenters. The number of nitrogens with one attached hydrogen (secondary N) is 1. The van der Waals surface area contributed by atoms with E-state index in [0.29, 0.717) is 6.54 Å². The number of rotatable bonds is 6. The van der Waals surface area contributed by atoms with Crippen LogP contribution in [0.15, 0.2) is 42.5 Å². The van der Waals surface area contributed by atoms with Gasteiger partial charge in [0.1, 0.15) is 23.5 Å². The molecule has 0 fully saturated rings. The van der Waals surface area contributed by atoms with Gasteiger partial charge in [0.2, 0.25) is 0 Å². The first-order valence-electron chi connectivity index (χ1n) is 8.31. The fourth-order valence-electron chi connectivity index (χ4n) is 2.82. The highest BCUT2D eigenvalue weighted by atomic mass is 16.5. The average molecular weight is 336 g/mol. The molecule has 1 aromatic heterocycles. The number of aromatic nitrogens is 2. The lowest BCUT2D eigenvalue weighted by Crippen LogP contribution is -2.26. The lowest BCUT2D eigenvalue weighted by molar-refractivity contribution is -0.117. The average Bonchev–Trinajstić information content (AvgIpc) is 3.24. The van der Waals surface area contributed by atoms with Gasteiger partial charge in [0.25, 0.3) is 5.91 Å². The van der Waals surface area contributed by atoms with Crippen LogP contribution in [-0.4, -0.2) is 28.1 Å². The van der Waals surface area contributed by atoms with Gasteiger partial charge < -0.3 is 14.6 Å². The summed E-state index contributed by atoms with van der Waals surface area (Å²) >= 11 is 0. The van der Waals surface area contributed by atoms with E-state index >= 15 is 0 Å². The number of fused-ring (bicyclic) bond motifs is 1. The molecule has 0 spiro atoms. The second-order valence-corrected chi connectivity index (χ2v) is 6.08. The third-order valence-corrected chi connectivity index (χ3v) is 4.03. The summed E-state index contributed by atoms with van der Waals surface area (Å²) in [6.07, 6.45) is 8.74. The van der Waals surface area contributed by atoms with Crippen LogP contribution in [0.3, 0.4) is 0 Å². The Labute approximate surface area is 146 Å². The number of hydrogen-bond donors (Lipinski definition) is 1. The Morgan fingerprint density at radius 1 is 1.56 bits per heavy atom. The molecule has 6 heteroatoms. The van der Waals surface area contributed by atoms with Gasteiger partial charge in [-0.15, -0.1) is 0 Å². The predicted octanol–water partition coefficient (Wildman–Crippen LogP) is 2.32. The molecule has 2 aromatic rings. The van der Waals surface area contributed by atoms with E-state index in [0.717, 1.165) is 36.3 Å². The highest BCUT2D eigenvalue weighted by Crippen LogP contribution is 2.29. The molecular formula is C19H20N4O2. The molecular weight excluding hydrogens is 316 g/mol. The third-order valence-electron chi connectivity index (χ3n) is 4.03. The number of ether oxygens (including phenoxy) is 1. The number of nitriles is 1. The molecule has 1 unspecified atom stereocenters. The first-order valence-corrected chi connectivity index (χ1v) is 8.31. The van der Waals surface area contributed by atoms with Crippen LogP contribution in [0.1, 0.15) is 24.5 Å². The number of amides is 1. The van der Waals surface area contributed by atoms with E-state index in [1.54, 1.807) is 18.6 Å². The molecule has 1 aromatic carbocycles. The van der Waals surface area contributed by atoms with Crippen molar-refractivity contribution >= 4 is 12.0 Å². The third kappa shape index (κ3) is 4.27. The van der Waals surface area contributed by atoms with E-state index in [1.165, 1.54) is 0 Å². The molecule has 2 heterocycles. The normalized spacial score (nSPS) is 16.0. The van der Waals surface area contributed by atoms with Crippen LogP contribution in [0, 0.1) is 11.3 Å². The number of carbonyl (C=O) groups is 1. The van der Waals surface area contributed by atoms with Crippen LogP contribution in [0.5, 0.6) is 5.75 Å². The van der Waals surface area contributed by atoms with Crippen LogP contribution in [0.2, 0.25) is 0 Å². The molecule has 0 saturated carbocycles. The molecule has 0 radical (unpaired) electrons. The van der Waals surface area contributed by atoms with E-state index in [9.17, 15) is 10.1 Å². The summed E-state index contributed by atoms with van der Waals surface area (Å²) in [4.78, 5) is 16.1. The van der Waals surface area contributed by atoms with Gasteiger partial charge in [0.15, 0.2) is 0 Å². The van der Waals surface area contributed by atoms with E-state index in [1.807, 2.05) is 42.0 Å². The minimum absolute atomic E-state index is 0.106. The number of hydrogen-bond acceptors (Lipinski definition) is 4. The molecule has 1 N–H and O–H groups in total. The Balaban J connectivity index is 1.57. The fourth-order valence-corrected chi connectivity index (χ4v) is 2.82. The number of aryl methyl sites for hydroxylation is 1. The Hall–Kier alpha value is -3.07. The number of imidazole rings is 1. The van der Waals surface area contributed by atoms with Crippen LogP contribution >= 0.6 is 0 Å². The first-order chi connectivity index (χ1) is 12.2. The van der Waals surface area contributed by atoms with Crippen molar-refractivity contribution in [1.82, 2.24) is 14.9 Å². The summed E-state index contributed by atoms with van der Waals surface area (Å²) in [5, 5.41) is 12.1. The van der Waals surface area contributed by atoms with Crippen molar-refractivity contribution in [2.24, 2.45) is 0 Å². The van der Waals surface area contributed by atoms with Crippen molar-refractivity contribution in [3.63, 3.8) is 0 Å². The Kier molecular flexibility index (Phi) is 5.14. The molecule has 25 heavy (non-hydrogen) atoms. The Morgan fingerprint density at radius 2 is 2.44 bits per heavy atom. The molecule has 1 aliphatic heterocycles. The second-order valence-electron chi connectivity index (χ2n) is 6.08. The minimum Gasteiger partial charge on any atom is -0.490 e. The zero-order valence-corrected chi connectivity index (χ0v) is 14.1. The van der Waals surface area contributed by atoms with Crippen molar-refractivity contribution in [2.75, 3.05) is 6.54 Å². The van der Waals surface area contributed by atoms with Gasteiger partial charge in [0.05, 0.1) is 6.33 Å². The number of nitrogens with zero attached hydrogens (tertiary/aromatic N) is 3. The monoisotopic (exact) mass is 336 g/mol. The summed E-state index contributed by atoms with van der Waals surface area (Å²) in [5.74, 6) is 0.533. The van der Waals surface area contributed by atoms with Crippen LogP contribution < -0.4 is 10.1 Å². The van der Waals surface area contributed by atoms with Gasteiger partial charge in [-0.1, -0.05) is 6.07 Å². The van der Waals surface area contributed by atoms with Gasteiger partial charge in [-0.2, -0.15) is 5.26 Å². The largest absolute Gasteiger partial charge is 0.490 e. The van der Waals surface area contributed by atoms with E-state index in [2.05, 4.69) is 10.3 Å². The van der Waals surface area contributed by atoms with Crippen molar-refractivity contribution in [2.45, 2.75) is 32.4 Å². The highest BCUT2D eigenvalue weighted by molar-refractivity contribution is 6.01. The maximum Gasteiger partial charge on any atom is 0.261 e. The van der Waals surface area contributed by atoms with E-state index in [4.69, 9.17) is 4.74 Å². The van der Waals surface area contributed by atoms with Gasteiger partial charge in [0, 0.05) is 31.9 Å². The van der Waals surface area contributed by atoms with Crippen LogP contribution in [0.4, 0.5) is 0 Å². The Bertz CT molecular complexity index is 818. The second kappa shape index (κ2) is 7.67. The molecule has 1 aliphatic rings. The quantitative estimate of drug-likeness (QED) is 0.499. The maximum absolute atomic E-state index is 12.2. The molecule has 128 valence electrons. The minimum atomic E-state index is -0.349. The van der Waals surface area contributed by atoms with Gasteiger partial charge in [-0.25, -0.2) is 4.98 Å². The summed E-state index contributed by atoms with van der Waals surface area (Å²) in [5.41, 5.74) is 2.05. The summed E-state index contributed by atoms with van der Waals surface area (Å²) < 4.78 is 7.61. The van der Waals surface area contributed by atoms with Crippen LogP contribution in [0.25, 0.3) is 6.08 Å². The molecule has 3 rings (SSSR count). The van der Waals surface area contributed by atoms with E-state index < -0.39 is 0 Å². The standard InChI is InChI=1S/C19H20N4O2/c1-14-9-16-10-15(3-4-18(16)25-14)11-17(12-20)19(24)22-5-2-7-23-8-6-21-13-23/h3-4,6,8,10-11,13-14H,2,5,7,9H2,1H3,(H,22,24)/b17-11+. The zero-order valence-electron chi connectivity index (χ0n) is 14.1. The smallest absolute Gasteiger partial charge is 0.261 e. The zero-order chi connectivity index (χ0) is 17.6. The number of carbonyl (C=O) groups excluding carboxylic acids is 1. The maximum atomic E-state index is 12.2. The van der Waals surface area contributed by atoms with E-state index in [-0.39, 0.29) is 17.6 Å². The van der Waals surface area contributed by atoms with Crippen molar-refractivity contribution < 1.29 is 9.53 Å². The lowest BCUT2D eigenvalue weighted by atomic mass is 10.0. The summed E-state index contributed by atoms with van der Waals surface area (Å²) in [6.45, 7) is 3.30. The van der Waals surface area contributed by atoms with Gasteiger partial charge >= 0.3 is 0 Å². The lowest BCUT2D eigenvalue weighted by Gasteiger charge is -2.05. The van der Waals surface area contributed by atoms with Crippen molar-refractivity contribution in [1.29, 1.82) is 5.26 Å². The summed E-state index contributed by atoms with van der Waals surface area (Å²) in [6, 6.07) is 7.71. The summed E-state index contributed by atoms with van der Waals surface area (Å²) in [7, 11) is 0. The molecule has 6 nitrogen and oxygen atoms in total. The molecule has 0 saturated heterocycles. The SMILES string of the molecule is CC1Cc2cc(/C=C(\C#N)C(=O)NCCCn3ccnc3)ccc2O1.